The van der Waals surface area contributed by atoms with E-state index < -0.39 is 139 Å². The van der Waals surface area contributed by atoms with Crippen molar-refractivity contribution < 1.29 is 57.8 Å². The lowest BCUT2D eigenvalue weighted by molar-refractivity contribution is -0.142. The van der Waals surface area contributed by atoms with Crippen LogP contribution in [0.4, 0.5) is 0 Å². The standard InChI is InChI=1S/C46H65N15O12S2/c47-27-22-74-75-23-33(45(73)61-17-5-9-34(61)44(72)56-28(8-4-16-53-46(51)52)39(67)54-21-37(50)65)60-43(71)32(20-36(49)64)59-40(68)29(14-15-35(48)63)55-41(69)31(18-24-6-2-1-3-7-24)58-42(70)30(57-38(27)66)19-25-10-12-26(62)13-11-25/h1-3,6-7,10-13,27-34,62H,4-5,8-9,14-23,47H2,(H2,48,63)(H2,49,64)(H2,50,65)(H,54,67)(H,55,69)(H,56,72)(H,57,66)(H,58,70)(H,59,68)(H,60,71)(H4,51,52,53)/t27-,28+,29-,30-,31+,32+,33-,34-/m1/s1. The van der Waals surface area contributed by atoms with Gasteiger partial charge < -0.3 is 81.6 Å². The van der Waals surface area contributed by atoms with E-state index in [1.54, 1.807) is 30.3 Å². The molecule has 2 aliphatic rings. The lowest BCUT2D eigenvalue weighted by Crippen LogP contribution is -2.61. The molecular formula is C46H65N15O12S2. The van der Waals surface area contributed by atoms with Gasteiger partial charge in [0.2, 0.25) is 65.0 Å². The minimum Gasteiger partial charge on any atom is -0.508 e. The predicted molar refractivity (Wildman–Crippen MR) is 276 cm³/mol. The van der Waals surface area contributed by atoms with Gasteiger partial charge in [-0.05, 0) is 55.4 Å². The van der Waals surface area contributed by atoms with Gasteiger partial charge in [-0.1, -0.05) is 64.1 Å². The fraction of sp³-hybridized carbons (Fsp3) is 0.478. The van der Waals surface area contributed by atoms with E-state index in [0.29, 0.717) is 17.5 Å². The maximum absolute atomic E-state index is 14.6. The van der Waals surface area contributed by atoms with Gasteiger partial charge in [0.15, 0.2) is 5.96 Å². The monoisotopic (exact) mass is 1080 g/mol. The summed E-state index contributed by atoms with van der Waals surface area (Å²) in [6, 6.07) is 2.80. The number of rotatable bonds is 19. The second-order valence-corrected chi connectivity index (χ2v) is 20.2. The number of hydrogen-bond acceptors (Lipinski definition) is 16. The average Bonchev–Trinajstić information content (AvgIpc) is 3.86. The highest BCUT2D eigenvalue weighted by atomic mass is 33.1. The molecular weight excluding hydrogens is 1020 g/mol. The van der Waals surface area contributed by atoms with Gasteiger partial charge in [0.05, 0.1) is 19.0 Å². The second kappa shape index (κ2) is 29.9. The maximum atomic E-state index is 14.6. The second-order valence-electron chi connectivity index (χ2n) is 17.6. The summed E-state index contributed by atoms with van der Waals surface area (Å²) in [6.07, 6.45) is -1.38. The van der Waals surface area contributed by atoms with E-state index in [-0.39, 0.29) is 68.4 Å². The number of hydrogen-bond donors (Lipinski definition) is 14. The summed E-state index contributed by atoms with van der Waals surface area (Å²) in [5, 5.41) is 27.6. The van der Waals surface area contributed by atoms with Crippen LogP contribution < -0.4 is 71.6 Å². The third-order valence-corrected chi connectivity index (χ3v) is 14.1. The van der Waals surface area contributed by atoms with Crippen LogP contribution in [0.1, 0.15) is 56.1 Å². The SMILES string of the molecule is NC(=O)CC[C@H]1NC(=O)[C@H](Cc2ccccc2)NC(=O)[C@@H](Cc2ccc(O)cc2)NC(=O)[C@H](N)CSSC[C@H](C(=O)N2CCC[C@@H]2C(=O)N[C@@H](CCCN=C(N)N)C(=O)NCC(N)=O)NC(=O)[C@H](CC(N)=O)NC1=O. The molecule has 0 saturated carbocycles. The van der Waals surface area contributed by atoms with E-state index in [4.69, 9.17) is 34.4 Å². The first-order chi connectivity index (χ1) is 35.6. The van der Waals surface area contributed by atoms with E-state index in [2.05, 4.69) is 42.2 Å². The van der Waals surface area contributed by atoms with Gasteiger partial charge in [0.1, 0.15) is 48.0 Å². The largest absolute Gasteiger partial charge is 0.508 e. The Balaban J connectivity index is 1.71. The smallest absolute Gasteiger partial charge is 0.246 e. The molecule has 27 nitrogen and oxygen atoms in total. The van der Waals surface area contributed by atoms with Crippen LogP contribution in [0.25, 0.3) is 0 Å². The zero-order valence-corrected chi connectivity index (χ0v) is 42.5. The summed E-state index contributed by atoms with van der Waals surface area (Å²) < 4.78 is 0. The highest BCUT2D eigenvalue weighted by Gasteiger charge is 2.40. The molecule has 0 bridgehead atoms. The molecule has 29 heteroatoms. The first-order valence-corrected chi connectivity index (χ1v) is 26.2. The van der Waals surface area contributed by atoms with Crippen LogP contribution in [-0.2, 0) is 65.6 Å². The number of aliphatic imine (C=N–C) groups is 1. The molecule has 0 radical (unpaired) electrons. The van der Waals surface area contributed by atoms with Crippen molar-refractivity contribution in [1.82, 2.24) is 42.1 Å². The minimum absolute atomic E-state index is 0.00106. The van der Waals surface area contributed by atoms with E-state index >= 15 is 0 Å². The van der Waals surface area contributed by atoms with Crippen molar-refractivity contribution in [3.8, 4) is 5.75 Å². The van der Waals surface area contributed by atoms with Crippen LogP contribution in [0.2, 0.25) is 0 Å². The Hall–Kier alpha value is -7.66. The summed E-state index contributed by atoms with van der Waals surface area (Å²) in [5.74, 6) is -10.5. The number of primary amides is 3. The number of phenolic OH excluding ortho intramolecular Hbond substituents is 1. The van der Waals surface area contributed by atoms with Crippen molar-refractivity contribution in [3.05, 3.63) is 65.7 Å². The van der Waals surface area contributed by atoms with Gasteiger partial charge >= 0.3 is 0 Å². The molecule has 0 aliphatic carbocycles. The van der Waals surface area contributed by atoms with Crippen LogP contribution in [0.5, 0.6) is 5.75 Å². The fourth-order valence-electron chi connectivity index (χ4n) is 7.80. The number of carbonyl (C=O) groups is 11. The predicted octanol–water partition coefficient (Wildman–Crippen LogP) is -5.40. The zero-order chi connectivity index (χ0) is 55.2. The molecule has 2 fully saturated rings. The molecule has 11 amide bonds. The number of nitrogens with two attached hydrogens (primary N) is 6. The molecule has 2 aromatic carbocycles. The lowest BCUT2D eigenvalue weighted by atomic mass is 10.0. The van der Waals surface area contributed by atoms with Gasteiger partial charge in [-0.25, -0.2) is 0 Å². The Morgan fingerprint density at radius 3 is 1.89 bits per heavy atom. The third-order valence-electron chi connectivity index (χ3n) is 11.6. The number of aromatic hydroxyl groups is 1. The molecule has 75 heavy (non-hydrogen) atoms. The Labute approximate surface area is 439 Å². The van der Waals surface area contributed by atoms with Crippen LogP contribution in [-0.4, -0.2) is 160 Å². The van der Waals surface area contributed by atoms with Gasteiger partial charge in [-0.3, -0.25) is 57.7 Å². The summed E-state index contributed by atoms with van der Waals surface area (Å²) in [7, 11) is 1.99. The van der Waals surface area contributed by atoms with Gasteiger partial charge in [-0.15, -0.1) is 0 Å². The van der Waals surface area contributed by atoms with Crippen molar-refractivity contribution in [1.29, 1.82) is 0 Å². The molecule has 2 heterocycles. The third kappa shape index (κ3) is 20.3. The molecule has 8 atom stereocenters. The number of nitrogens with one attached hydrogen (secondary N) is 7. The number of phenols is 1. The fourth-order valence-corrected chi connectivity index (χ4v) is 10.1. The Morgan fingerprint density at radius 2 is 1.28 bits per heavy atom. The summed E-state index contributed by atoms with van der Waals surface area (Å²) >= 11 is 0. The Morgan fingerprint density at radius 1 is 0.707 bits per heavy atom. The molecule has 0 spiro atoms. The molecule has 2 saturated heterocycles. The van der Waals surface area contributed by atoms with E-state index in [1.165, 1.54) is 29.2 Å². The van der Waals surface area contributed by atoms with Crippen LogP contribution in [0.3, 0.4) is 0 Å². The molecule has 2 aromatic rings. The van der Waals surface area contributed by atoms with Crippen molar-refractivity contribution in [3.63, 3.8) is 0 Å². The van der Waals surface area contributed by atoms with Crippen molar-refractivity contribution >= 4 is 92.5 Å². The highest BCUT2D eigenvalue weighted by Crippen LogP contribution is 2.26. The van der Waals surface area contributed by atoms with E-state index in [1.807, 2.05) is 0 Å². The number of likely N-dealkylation sites (tertiary alicyclic amines) is 1. The molecule has 2 aliphatic heterocycles. The first-order valence-electron chi connectivity index (χ1n) is 23.7. The number of guanidine groups is 1. The van der Waals surface area contributed by atoms with Gasteiger partial charge in [0.25, 0.3) is 0 Å². The van der Waals surface area contributed by atoms with E-state index in [9.17, 15) is 57.8 Å². The summed E-state index contributed by atoms with van der Waals surface area (Å²) in [6.45, 7) is -0.443. The lowest BCUT2D eigenvalue weighted by Gasteiger charge is -2.31. The molecule has 0 aromatic heterocycles. The number of amides is 11. The van der Waals surface area contributed by atoms with Crippen molar-refractivity contribution in [2.45, 2.75) is 106 Å². The quantitative estimate of drug-likeness (QED) is 0.0270. The highest BCUT2D eigenvalue weighted by molar-refractivity contribution is 8.76. The molecule has 0 unspecified atom stereocenters. The zero-order valence-electron chi connectivity index (χ0n) is 40.8. The number of benzene rings is 2. The molecule has 20 N–H and O–H groups in total. The molecule has 4 rings (SSSR count). The number of carbonyl (C=O) groups excluding carboxylic acids is 11. The van der Waals surface area contributed by atoms with Crippen LogP contribution in [0.15, 0.2) is 59.6 Å². The first kappa shape index (κ1) is 59.9. The van der Waals surface area contributed by atoms with Crippen molar-refractivity contribution in [2.24, 2.45) is 39.4 Å². The van der Waals surface area contributed by atoms with Gasteiger partial charge in [-0.2, -0.15) is 0 Å². The van der Waals surface area contributed by atoms with Gasteiger partial charge in [0, 0.05) is 43.9 Å². The minimum atomic E-state index is -1.80. The topological polar surface area (TPSA) is 464 Å². The number of nitrogens with zero attached hydrogens (tertiary/aromatic N) is 2. The van der Waals surface area contributed by atoms with Crippen LogP contribution in [0, 0.1) is 0 Å². The van der Waals surface area contributed by atoms with Crippen LogP contribution >= 0.6 is 21.6 Å². The summed E-state index contributed by atoms with van der Waals surface area (Å²) in [5.41, 5.74) is 34.4. The maximum Gasteiger partial charge on any atom is 0.246 e. The Bertz CT molecular complexity index is 2420. The Kier molecular flexibility index (Phi) is 23.9. The average molecular weight is 1080 g/mol. The normalized spacial score (nSPS) is 22.6. The summed E-state index contributed by atoms with van der Waals surface area (Å²) in [4.78, 5) is 153. The van der Waals surface area contributed by atoms with Crippen molar-refractivity contribution in [2.75, 3.05) is 31.1 Å². The molecule has 408 valence electrons. The van der Waals surface area contributed by atoms with E-state index in [0.717, 1.165) is 21.6 Å².